The van der Waals surface area contributed by atoms with Gasteiger partial charge in [-0.25, -0.2) is 0 Å². The molecule has 0 unspecified atom stereocenters. The molecular formula is C12H15N3O. The van der Waals surface area contributed by atoms with Crippen molar-refractivity contribution in [2.24, 2.45) is 0 Å². The maximum absolute atomic E-state index is 5.63. The van der Waals surface area contributed by atoms with Crippen LogP contribution in [-0.4, -0.2) is 24.1 Å². The second-order valence-corrected chi connectivity index (χ2v) is 4.16. The number of hydrogen-bond donors (Lipinski definition) is 2. The van der Waals surface area contributed by atoms with Crippen molar-refractivity contribution in [1.82, 2.24) is 10.3 Å². The van der Waals surface area contributed by atoms with Gasteiger partial charge in [-0.2, -0.15) is 4.98 Å². The van der Waals surface area contributed by atoms with Crippen molar-refractivity contribution in [3.8, 4) is 0 Å². The fraction of sp³-hybridized carbons (Fsp3) is 0.417. The van der Waals surface area contributed by atoms with Crippen LogP contribution in [0.2, 0.25) is 0 Å². The van der Waals surface area contributed by atoms with Crippen LogP contribution in [0.25, 0.3) is 11.1 Å². The Hall–Kier alpha value is -1.55. The third-order valence-electron chi connectivity index (χ3n) is 2.96. The highest BCUT2D eigenvalue weighted by Gasteiger charge is 2.15. The number of benzene rings is 1. The van der Waals surface area contributed by atoms with E-state index in [1.165, 1.54) is 0 Å². The van der Waals surface area contributed by atoms with E-state index in [1.54, 1.807) is 0 Å². The average molecular weight is 217 g/mol. The zero-order valence-corrected chi connectivity index (χ0v) is 9.07. The molecule has 3 rings (SSSR count). The summed E-state index contributed by atoms with van der Waals surface area (Å²) < 4.78 is 5.63. The Kier molecular flexibility index (Phi) is 2.50. The molecule has 0 radical (unpaired) electrons. The molecule has 2 N–H and O–H groups in total. The highest BCUT2D eigenvalue weighted by molar-refractivity contribution is 5.74. The van der Waals surface area contributed by atoms with Gasteiger partial charge in [-0.3, -0.25) is 0 Å². The molecule has 1 aromatic heterocycles. The van der Waals surface area contributed by atoms with Crippen LogP contribution >= 0.6 is 0 Å². The molecule has 2 aromatic rings. The van der Waals surface area contributed by atoms with Crippen LogP contribution < -0.4 is 10.6 Å². The number of fused-ring (bicyclic) bond motifs is 1. The Balaban J connectivity index is 1.78. The Labute approximate surface area is 94.0 Å². The van der Waals surface area contributed by atoms with E-state index in [4.69, 9.17) is 4.42 Å². The Morgan fingerprint density at radius 1 is 1.25 bits per heavy atom. The van der Waals surface area contributed by atoms with Crippen molar-refractivity contribution >= 4 is 17.1 Å². The molecule has 0 spiro atoms. The molecule has 1 aliphatic rings. The first-order chi connectivity index (χ1) is 7.92. The molecule has 1 saturated heterocycles. The SMILES string of the molecule is c1ccc2oc(NC3CCNCC3)nc2c1. The summed E-state index contributed by atoms with van der Waals surface area (Å²) in [5, 5.41) is 6.69. The van der Waals surface area contributed by atoms with E-state index in [9.17, 15) is 0 Å². The lowest BCUT2D eigenvalue weighted by Crippen LogP contribution is -2.35. The predicted octanol–water partition coefficient (Wildman–Crippen LogP) is 1.99. The third kappa shape index (κ3) is 1.88. The fourth-order valence-corrected chi connectivity index (χ4v) is 2.07. The van der Waals surface area contributed by atoms with Crippen LogP contribution in [0.3, 0.4) is 0 Å². The molecule has 0 bridgehead atoms. The molecule has 0 amide bonds. The van der Waals surface area contributed by atoms with E-state index in [1.807, 2.05) is 24.3 Å². The van der Waals surface area contributed by atoms with Gasteiger partial charge in [0.2, 0.25) is 0 Å². The summed E-state index contributed by atoms with van der Waals surface area (Å²) in [6.45, 7) is 2.13. The van der Waals surface area contributed by atoms with E-state index in [2.05, 4.69) is 15.6 Å². The zero-order valence-electron chi connectivity index (χ0n) is 9.07. The number of nitrogens with one attached hydrogen (secondary N) is 2. The van der Waals surface area contributed by atoms with Gasteiger partial charge in [0.1, 0.15) is 5.52 Å². The summed E-state index contributed by atoms with van der Waals surface area (Å²) in [5.41, 5.74) is 1.76. The molecule has 4 heteroatoms. The maximum Gasteiger partial charge on any atom is 0.295 e. The zero-order chi connectivity index (χ0) is 10.8. The third-order valence-corrected chi connectivity index (χ3v) is 2.96. The maximum atomic E-state index is 5.63. The number of para-hydroxylation sites is 2. The van der Waals surface area contributed by atoms with Crippen LogP contribution in [-0.2, 0) is 0 Å². The monoisotopic (exact) mass is 217 g/mol. The van der Waals surface area contributed by atoms with Gasteiger partial charge in [0.25, 0.3) is 6.01 Å². The molecule has 2 heterocycles. The molecule has 16 heavy (non-hydrogen) atoms. The van der Waals surface area contributed by atoms with E-state index in [-0.39, 0.29) is 0 Å². The van der Waals surface area contributed by atoms with E-state index < -0.39 is 0 Å². The topological polar surface area (TPSA) is 50.1 Å². The lowest BCUT2D eigenvalue weighted by Gasteiger charge is -2.22. The average Bonchev–Trinajstić information content (AvgIpc) is 2.72. The molecular weight excluding hydrogens is 202 g/mol. The van der Waals surface area contributed by atoms with Gasteiger partial charge in [0.15, 0.2) is 5.58 Å². The quantitative estimate of drug-likeness (QED) is 0.807. The molecule has 1 fully saturated rings. The standard InChI is InChI=1S/C12H15N3O/c1-2-4-11-10(3-1)15-12(16-11)14-9-5-7-13-8-6-9/h1-4,9,13H,5-8H2,(H,14,15). The lowest BCUT2D eigenvalue weighted by atomic mass is 10.1. The Bertz CT molecular complexity index is 441. The summed E-state index contributed by atoms with van der Waals surface area (Å²) in [7, 11) is 0. The van der Waals surface area contributed by atoms with Crippen molar-refractivity contribution in [3.63, 3.8) is 0 Å². The van der Waals surface area contributed by atoms with Crippen LogP contribution in [0, 0.1) is 0 Å². The van der Waals surface area contributed by atoms with Gasteiger partial charge in [-0.15, -0.1) is 0 Å². The minimum absolute atomic E-state index is 0.481. The molecule has 4 nitrogen and oxygen atoms in total. The van der Waals surface area contributed by atoms with E-state index >= 15 is 0 Å². The van der Waals surface area contributed by atoms with Crippen molar-refractivity contribution in [2.45, 2.75) is 18.9 Å². The summed E-state index contributed by atoms with van der Waals surface area (Å²) in [4.78, 5) is 4.41. The minimum atomic E-state index is 0.481. The summed E-state index contributed by atoms with van der Waals surface area (Å²) >= 11 is 0. The lowest BCUT2D eigenvalue weighted by molar-refractivity contribution is 0.466. The predicted molar refractivity (Wildman–Crippen MR) is 63.5 cm³/mol. The van der Waals surface area contributed by atoms with Gasteiger partial charge < -0.3 is 15.1 Å². The minimum Gasteiger partial charge on any atom is -0.424 e. The normalized spacial score (nSPS) is 17.8. The highest BCUT2D eigenvalue weighted by Crippen LogP contribution is 2.20. The number of hydrogen-bond acceptors (Lipinski definition) is 4. The van der Waals surface area contributed by atoms with Crippen LogP contribution in [0.4, 0.5) is 6.01 Å². The van der Waals surface area contributed by atoms with Crippen LogP contribution in [0.1, 0.15) is 12.8 Å². The molecule has 84 valence electrons. The molecule has 0 atom stereocenters. The Morgan fingerprint density at radius 2 is 2.06 bits per heavy atom. The van der Waals surface area contributed by atoms with Crippen molar-refractivity contribution < 1.29 is 4.42 Å². The van der Waals surface area contributed by atoms with Crippen molar-refractivity contribution in [1.29, 1.82) is 0 Å². The van der Waals surface area contributed by atoms with Gasteiger partial charge >= 0.3 is 0 Å². The van der Waals surface area contributed by atoms with E-state index in [0.29, 0.717) is 12.1 Å². The van der Waals surface area contributed by atoms with Crippen molar-refractivity contribution in [3.05, 3.63) is 24.3 Å². The van der Waals surface area contributed by atoms with E-state index in [0.717, 1.165) is 37.0 Å². The van der Waals surface area contributed by atoms with Gasteiger partial charge in [0, 0.05) is 6.04 Å². The largest absolute Gasteiger partial charge is 0.424 e. The number of nitrogens with zero attached hydrogens (tertiary/aromatic N) is 1. The fourth-order valence-electron chi connectivity index (χ4n) is 2.07. The highest BCUT2D eigenvalue weighted by atomic mass is 16.4. The number of rotatable bonds is 2. The molecule has 0 saturated carbocycles. The van der Waals surface area contributed by atoms with Gasteiger partial charge in [-0.05, 0) is 38.1 Å². The summed E-state index contributed by atoms with van der Waals surface area (Å²) in [6.07, 6.45) is 2.25. The molecule has 1 aromatic carbocycles. The number of aromatic nitrogens is 1. The first-order valence-corrected chi connectivity index (χ1v) is 5.75. The molecule has 1 aliphatic heterocycles. The summed E-state index contributed by atoms with van der Waals surface area (Å²) in [5.74, 6) is 0. The number of oxazole rings is 1. The van der Waals surface area contributed by atoms with Crippen LogP contribution in [0.15, 0.2) is 28.7 Å². The first kappa shape index (κ1) is 9.66. The molecule has 0 aliphatic carbocycles. The van der Waals surface area contributed by atoms with Gasteiger partial charge in [0.05, 0.1) is 0 Å². The van der Waals surface area contributed by atoms with Crippen molar-refractivity contribution in [2.75, 3.05) is 18.4 Å². The smallest absolute Gasteiger partial charge is 0.295 e. The first-order valence-electron chi connectivity index (χ1n) is 5.75. The number of anilines is 1. The number of piperidine rings is 1. The Morgan fingerprint density at radius 3 is 2.88 bits per heavy atom. The van der Waals surface area contributed by atoms with Crippen LogP contribution in [0.5, 0.6) is 0 Å². The van der Waals surface area contributed by atoms with Gasteiger partial charge in [-0.1, -0.05) is 12.1 Å². The second kappa shape index (κ2) is 4.14. The summed E-state index contributed by atoms with van der Waals surface area (Å²) in [6, 6.07) is 8.96. The second-order valence-electron chi connectivity index (χ2n) is 4.16.